The third-order valence-electron chi connectivity index (χ3n) is 3.87. The van der Waals surface area contributed by atoms with Crippen LogP contribution in [0.5, 0.6) is 0 Å². The Bertz CT molecular complexity index is 305. The van der Waals surface area contributed by atoms with Gasteiger partial charge in [0.15, 0.2) is 0 Å². The predicted molar refractivity (Wildman–Crippen MR) is 65.8 cm³/mol. The lowest BCUT2D eigenvalue weighted by Crippen LogP contribution is -2.22. The van der Waals surface area contributed by atoms with Crippen molar-refractivity contribution in [1.82, 2.24) is 0 Å². The number of hydrogen-bond donors (Lipinski definition) is 1. The third kappa shape index (κ3) is 2.17. The molecule has 0 radical (unpaired) electrons. The molecule has 1 saturated carbocycles. The van der Waals surface area contributed by atoms with Crippen LogP contribution in [0.2, 0.25) is 0 Å². The lowest BCUT2D eigenvalue weighted by atomic mass is 9.70. The second-order valence-corrected chi connectivity index (χ2v) is 5.08. The van der Waals surface area contributed by atoms with E-state index >= 15 is 0 Å². The summed E-state index contributed by atoms with van der Waals surface area (Å²) in [6.45, 7) is 4.77. The van der Waals surface area contributed by atoms with Gasteiger partial charge in [-0.25, -0.2) is 0 Å². The molecule has 1 nitrogen and oxygen atoms in total. The largest absolute Gasteiger partial charge is 0.399 e. The van der Waals surface area contributed by atoms with Crippen LogP contribution in [-0.4, -0.2) is 0 Å². The van der Waals surface area contributed by atoms with E-state index < -0.39 is 0 Å². The minimum atomic E-state index is 0.736. The van der Waals surface area contributed by atoms with E-state index in [4.69, 9.17) is 5.73 Å². The van der Waals surface area contributed by atoms with Gasteiger partial charge in [-0.2, -0.15) is 0 Å². The maximum absolute atomic E-state index is 5.73. The van der Waals surface area contributed by atoms with Gasteiger partial charge in [-0.15, -0.1) is 0 Å². The molecule has 1 aliphatic rings. The smallest absolute Gasteiger partial charge is 0.0314 e. The molecule has 1 aliphatic carbocycles. The summed E-state index contributed by atoms with van der Waals surface area (Å²) in [4.78, 5) is 0. The molecule has 1 fully saturated rings. The van der Waals surface area contributed by atoms with E-state index in [0.717, 1.165) is 23.4 Å². The zero-order valence-corrected chi connectivity index (χ0v) is 9.74. The van der Waals surface area contributed by atoms with Gasteiger partial charge in [0.25, 0.3) is 0 Å². The zero-order chi connectivity index (χ0) is 10.8. The van der Waals surface area contributed by atoms with E-state index in [2.05, 4.69) is 26.0 Å². The molecule has 0 saturated heterocycles. The second kappa shape index (κ2) is 4.26. The Labute approximate surface area is 92.7 Å². The standard InChI is InChI=1S/C14H21N/c1-10-4-3-5-11(2)14(10)12-6-8-13(15)9-7-12/h6-11,14H,3-5,15H2,1-2H3/t10-,11-/m1/s1. The molecule has 1 aromatic carbocycles. The summed E-state index contributed by atoms with van der Waals surface area (Å²) in [6, 6.07) is 8.48. The van der Waals surface area contributed by atoms with Crippen LogP contribution in [-0.2, 0) is 0 Å². The van der Waals surface area contributed by atoms with Gasteiger partial charge in [0.1, 0.15) is 0 Å². The van der Waals surface area contributed by atoms with Crippen molar-refractivity contribution in [1.29, 1.82) is 0 Å². The molecule has 0 amide bonds. The molecule has 15 heavy (non-hydrogen) atoms. The number of benzene rings is 1. The van der Waals surface area contributed by atoms with E-state index in [0.29, 0.717) is 0 Å². The van der Waals surface area contributed by atoms with Gasteiger partial charge in [0.05, 0.1) is 0 Å². The third-order valence-corrected chi connectivity index (χ3v) is 3.87. The molecule has 0 aromatic heterocycles. The van der Waals surface area contributed by atoms with E-state index in [1.54, 1.807) is 0 Å². The van der Waals surface area contributed by atoms with Crippen molar-refractivity contribution in [3.8, 4) is 0 Å². The highest BCUT2D eigenvalue weighted by Crippen LogP contribution is 2.41. The molecule has 0 bridgehead atoms. The van der Waals surface area contributed by atoms with Crippen molar-refractivity contribution in [2.24, 2.45) is 11.8 Å². The topological polar surface area (TPSA) is 26.0 Å². The number of hydrogen-bond acceptors (Lipinski definition) is 1. The fourth-order valence-electron chi connectivity index (χ4n) is 3.06. The SMILES string of the molecule is C[C@@H]1CCC[C@@H](C)C1c1ccc(N)cc1. The van der Waals surface area contributed by atoms with Gasteiger partial charge >= 0.3 is 0 Å². The second-order valence-electron chi connectivity index (χ2n) is 5.08. The van der Waals surface area contributed by atoms with Gasteiger partial charge in [0, 0.05) is 5.69 Å². The van der Waals surface area contributed by atoms with Crippen LogP contribution in [0.4, 0.5) is 5.69 Å². The van der Waals surface area contributed by atoms with E-state index in [9.17, 15) is 0 Å². The molecular formula is C14H21N. The number of anilines is 1. The summed E-state index contributed by atoms with van der Waals surface area (Å²) in [5.41, 5.74) is 8.07. The fraction of sp³-hybridized carbons (Fsp3) is 0.571. The monoisotopic (exact) mass is 203 g/mol. The molecule has 2 N–H and O–H groups in total. The molecule has 0 unspecified atom stereocenters. The van der Waals surface area contributed by atoms with Crippen LogP contribution in [0, 0.1) is 11.8 Å². The van der Waals surface area contributed by atoms with Gasteiger partial charge in [0.2, 0.25) is 0 Å². The first-order valence-corrected chi connectivity index (χ1v) is 6.04. The average Bonchev–Trinajstić information content (AvgIpc) is 2.20. The summed E-state index contributed by atoms with van der Waals surface area (Å²) < 4.78 is 0. The van der Waals surface area contributed by atoms with Crippen LogP contribution in [0.1, 0.15) is 44.6 Å². The number of nitrogen functional groups attached to an aromatic ring is 1. The van der Waals surface area contributed by atoms with Crippen molar-refractivity contribution in [2.75, 3.05) is 5.73 Å². The van der Waals surface area contributed by atoms with Crippen LogP contribution < -0.4 is 5.73 Å². The molecule has 2 atom stereocenters. The highest BCUT2D eigenvalue weighted by Gasteiger charge is 2.28. The van der Waals surface area contributed by atoms with E-state index in [1.165, 1.54) is 24.8 Å². The Morgan fingerprint density at radius 2 is 1.53 bits per heavy atom. The van der Waals surface area contributed by atoms with Gasteiger partial charge in [-0.05, 0) is 35.4 Å². The maximum Gasteiger partial charge on any atom is 0.0314 e. The Morgan fingerprint density at radius 1 is 1.00 bits per heavy atom. The Hall–Kier alpha value is -0.980. The zero-order valence-electron chi connectivity index (χ0n) is 9.74. The molecule has 2 rings (SSSR count). The van der Waals surface area contributed by atoms with Crippen LogP contribution in [0.25, 0.3) is 0 Å². The summed E-state index contributed by atoms with van der Waals surface area (Å²) >= 11 is 0. The molecule has 1 aromatic rings. The minimum absolute atomic E-state index is 0.736. The number of rotatable bonds is 1. The fourth-order valence-corrected chi connectivity index (χ4v) is 3.06. The normalized spacial score (nSPS) is 27.9. The summed E-state index contributed by atoms with van der Waals surface area (Å²) in [5.74, 6) is 2.37. The van der Waals surface area contributed by atoms with E-state index in [-0.39, 0.29) is 0 Å². The van der Waals surface area contributed by atoms with Crippen LogP contribution >= 0.6 is 0 Å². The maximum atomic E-state index is 5.73. The molecule has 1 heteroatoms. The van der Waals surface area contributed by atoms with Gasteiger partial charge < -0.3 is 5.73 Å². The lowest BCUT2D eigenvalue weighted by Gasteiger charge is -2.35. The minimum Gasteiger partial charge on any atom is -0.399 e. The predicted octanol–water partition coefficient (Wildman–Crippen LogP) is 3.81. The Morgan fingerprint density at radius 3 is 2.07 bits per heavy atom. The van der Waals surface area contributed by atoms with Crippen molar-refractivity contribution in [2.45, 2.75) is 39.0 Å². The van der Waals surface area contributed by atoms with Crippen molar-refractivity contribution in [3.63, 3.8) is 0 Å². The summed E-state index contributed by atoms with van der Waals surface area (Å²) in [7, 11) is 0. The van der Waals surface area contributed by atoms with E-state index in [1.807, 2.05) is 12.1 Å². The first kappa shape index (κ1) is 10.5. The van der Waals surface area contributed by atoms with Gasteiger partial charge in [-0.1, -0.05) is 45.2 Å². The van der Waals surface area contributed by atoms with Crippen molar-refractivity contribution in [3.05, 3.63) is 29.8 Å². The van der Waals surface area contributed by atoms with Crippen LogP contribution in [0.15, 0.2) is 24.3 Å². The highest BCUT2D eigenvalue weighted by molar-refractivity contribution is 5.40. The quantitative estimate of drug-likeness (QED) is 0.690. The average molecular weight is 203 g/mol. The first-order valence-electron chi connectivity index (χ1n) is 6.04. The Balaban J connectivity index is 2.23. The summed E-state index contributed by atoms with van der Waals surface area (Å²) in [5, 5.41) is 0. The number of nitrogens with two attached hydrogens (primary N) is 1. The lowest BCUT2D eigenvalue weighted by molar-refractivity contribution is 0.249. The van der Waals surface area contributed by atoms with Gasteiger partial charge in [-0.3, -0.25) is 0 Å². The van der Waals surface area contributed by atoms with Crippen molar-refractivity contribution < 1.29 is 0 Å². The molecule has 82 valence electrons. The molecular weight excluding hydrogens is 182 g/mol. The first-order chi connectivity index (χ1) is 7.18. The molecule has 0 spiro atoms. The summed E-state index contributed by atoms with van der Waals surface area (Å²) in [6.07, 6.45) is 4.15. The molecule has 0 heterocycles. The Kier molecular flexibility index (Phi) is 2.99. The highest BCUT2D eigenvalue weighted by atomic mass is 14.5. The molecule has 0 aliphatic heterocycles. The van der Waals surface area contributed by atoms with Crippen LogP contribution in [0.3, 0.4) is 0 Å². The van der Waals surface area contributed by atoms with Crippen molar-refractivity contribution >= 4 is 5.69 Å².